The van der Waals surface area contributed by atoms with Crippen molar-refractivity contribution < 1.29 is 19.1 Å². The minimum atomic E-state index is -0.398. The minimum absolute atomic E-state index is 0.379. The molecule has 5 heteroatoms. The van der Waals surface area contributed by atoms with Crippen LogP contribution >= 0.6 is 0 Å². The first-order valence-corrected chi connectivity index (χ1v) is 4.46. The number of hydrogen-bond donors (Lipinski definition) is 1. The zero-order valence-electron chi connectivity index (χ0n) is 8.70. The molecule has 0 bridgehead atoms. The molecule has 0 aliphatic carbocycles. The zero-order chi connectivity index (χ0) is 11.3. The number of esters is 2. The Labute approximate surface area is 87.7 Å². The van der Waals surface area contributed by atoms with E-state index in [2.05, 4.69) is 14.8 Å². The predicted molar refractivity (Wildman–Crippen MR) is 53.1 cm³/mol. The van der Waals surface area contributed by atoms with E-state index in [1.807, 2.05) is 0 Å². The molecule has 0 saturated heterocycles. The maximum absolute atomic E-state index is 11.2. The highest BCUT2D eigenvalue weighted by Crippen LogP contribution is 2.05. The van der Waals surface area contributed by atoms with Crippen LogP contribution < -0.4 is 5.32 Å². The first-order chi connectivity index (χ1) is 7.19. The zero-order valence-corrected chi connectivity index (χ0v) is 8.70. The summed E-state index contributed by atoms with van der Waals surface area (Å²) in [6.07, 6.45) is 3.14. The number of ether oxygens (including phenoxy) is 2. The smallest absolute Gasteiger partial charge is 0.335 e. The molecule has 0 atom stereocenters. The molecule has 1 aliphatic rings. The summed E-state index contributed by atoms with van der Waals surface area (Å²) in [6.45, 7) is 0.757. The van der Waals surface area contributed by atoms with Crippen molar-refractivity contribution in [2.75, 3.05) is 27.3 Å². The quantitative estimate of drug-likeness (QED) is 0.640. The highest BCUT2D eigenvalue weighted by Gasteiger charge is 2.15. The van der Waals surface area contributed by atoms with Gasteiger partial charge in [0, 0.05) is 13.1 Å². The molecule has 0 saturated carbocycles. The molecule has 1 aliphatic heterocycles. The van der Waals surface area contributed by atoms with Gasteiger partial charge < -0.3 is 14.8 Å². The van der Waals surface area contributed by atoms with Crippen molar-refractivity contribution in [1.29, 1.82) is 0 Å². The molecule has 0 aromatic heterocycles. The lowest BCUT2D eigenvalue weighted by Gasteiger charge is -2.04. The van der Waals surface area contributed by atoms with Crippen molar-refractivity contribution in [3.05, 3.63) is 23.3 Å². The van der Waals surface area contributed by atoms with Crippen LogP contribution in [0.15, 0.2) is 23.3 Å². The normalized spacial score (nSPS) is 15.9. The summed E-state index contributed by atoms with van der Waals surface area (Å²) >= 11 is 0. The Hall–Kier alpha value is -1.62. The van der Waals surface area contributed by atoms with Crippen molar-refractivity contribution in [3.8, 4) is 0 Å². The Bertz CT molecular complexity index is 298. The van der Waals surface area contributed by atoms with Gasteiger partial charge in [0.05, 0.1) is 25.4 Å². The fourth-order valence-corrected chi connectivity index (χ4v) is 1.19. The summed E-state index contributed by atoms with van der Waals surface area (Å²) in [4.78, 5) is 22.4. The Morgan fingerprint density at radius 1 is 1.07 bits per heavy atom. The van der Waals surface area contributed by atoms with Gasteiger partial charge in [-0.25, -0.2) is 9.59 Å². The van der Waals surface area contributed by atoms with Gasteiger partial charge in [-0.3, -0.25) is 0 Å². The highest BCUT2D eigenvalue weighted by molar-refractivity contribution is 5.92. The van der Waals surface area contributed by atoms with Gasteiger partial charge in [-0.2, -0.15) is 0 Å². The largest absolute Gasteiger partial charge is 0.466 e. The van der Waals surface area contributed by atoms with Crippen LogP contribution in [0.3, 0.4) is 0 Å². The van der Waals surface area contributed by atoms with E-state index in [1.165, 1.54) is 14.2 Å². The topological polar surface area (TPSA) is 64.6 Å². The molecule has 0 amide bonds. The minimum Gasteiger partial charge on any atom is -0.466 e. The average molecular weight is 211 g/mol. The van der Waals surface area contributed by atoms with Crippen LogP contribution in [0.1, 0.15) is 0 Å². The van der Waals surface area contributed by atoms with Gasteiger partial charge in [0.2, 0.25) is 0 Å². The number of nitrogens with one attached hydrogen (secondary N) is 1. The third-order valence-corrected chi connectivity index (χ3v) is 2.01. The van der Waals surface area contributed by atoms with Crippen LogP contribution in [0.4, 0.5) is 0 Å². The van der Waals surface area contributed by atoms with E-state index in [4.69, 9.17) is 0 Å². The standard InChI is InChI=1S/C10H13NO4/c1-14-9(12)7-3-4-8(6-11-5-7)10(13)15-2/h3-4,11H,5-6H2,1-2H3. The summed E-state index contributed by atoms with van der Waals surface area (Å²) < 4.78 is 9.15. The molecule has 1 rings (SSSR count). The third kappa shape index (κ3) is 2.92. The van der Waals surface area contributed by atoms with Crippen LogP contribution in [-0.2, 0) is 19.1 Å². The van der Waals surface area contributed by atoms with Gasteiger partial charge in [0.25, 0.3) is 0 Å². The molecule has 1 N–H and O–H groups in total. The lowest BCUT2D eigenvalue weighted by atomic mass is 10.2. The summed E-state index contributed by atoms with van der Waals surface area (Å²) in [7, 11) is 2.64. The molecule has 0 spiro atoms. The molecule has 0 aromatic rings. The molecule has 82 valence electrons. The number of allylic oxidation sites excluding steroid dienone is 2. The molecule has 0 aromatic carbocycles. The number of carbonyl (C=O) groups excluding carboxylic acids is 2. The van der Waals surface area contributed by atoms with Crippen LogP contribution in [0.2, 0.25) is 0 Å². The Kier molecular flexibility index (Phi) is 4.05. The average Bonchev–Trinajstić information content (AvgIpc) is 2.52. The van der Waals surface area contributed by atoms with Crippen LogP contribution in [0, 0.1) is 0 Å². The maximum atomic E-state index is 11.2. The first kappa shape index (κ1) is 11.5. The fourth-order valence-electron chi connectivity index (χ4n) is 1.19. The van der Waals surface area contributed by atoms with Crippen molar-refractivity contribution in [3.63, 3.8) is 0 Å². The summed E-state index contributed by atoms with van der Waals surface area (Å²) in [5.41, 5.74) is 0.966. The van der Waals surface area contributed by atoms with Crippen molar-refractivity contribution in [2.45, 2.75) is 0 Å². The van der Waals surface area contributed by atoms with Crippen molar-refractivity contribution in [1.82, 2.24) is 5.32 Å². The summed E-state index contributed by atoms with van der Waals surface area (Å²) in [5, 5.41) is 2.94. The number of carbonyl (C=O) groups is 2. The summed E-state index contributed by atoms with van der Waals surface area (Å²) in [5.74, 6) is -0.797. The van der Waals surface area contributed by atoms with Gasteiger partial charge in [-0.05, 0) is 12.2 Å². The second kappa shape index (κ2) is 5.31. The molecule has 5 nitrogen and oxygen atoms in total. The fraction of sp³-hybridized carbons (Fsp3) is 0.400. The molecular weight excluding hydrogens is 198 g/mol. The molecule has 0 radical (unpaired) electrons. The van der Waals surface area contributed by atoms with E-state index in [-0.39, 0.29) is 0 Å². The van der Waals surface area contributed by atoms with Crippen LogP contribution in [0.5, 0.6) is 0 Å². The molecule has 15 heavy (non-hydrogen) atoms. The van der Waals surface area contributed by atoms with Crippen molar-refractivity contribution >= 4 is 11.9 Å². The maximum Gasteiger partial charge on any atom is 0.335 e. The Balaban J connectivity index is 2.80. The van der Waals surface area contributed by atoms with Crippen LogP contribution in [-0.4, -0.2) is 39.2 Å². The first-order valence-electron chi connectivity index (χ1n) is 4.46. The van der Waals surface area contributed by atoms with E-state index in [0.717, 1.165) is 0 Å². The van der Waals surface area contributed by atoms with E-state index in [9.17, 15) is 9.59 Å². The van der Waals surface area contributed by atoms with Gasteiger partial charge in [-0.15, -0.1) is 0 Å². The van der Waals surface area contributed by atoms with Gasteiger partial charge >= 0.3 is 11.9 Å². The Morgan fingerprint density at radius 2 is 1.47 bits per heavy atom. The molecule has 0 fully saturated rings. The van der Waals surface area contributed by atoms with Crippen molar-refractivity contribution in [2.24, 2.45) is 0 Å². The lowest BCUT2D eigenvalue weighted by molar-refractivity contribution is -0.136. The van der Waals surface area contributed by atoms with E-state index < -0.39 is 11.9 Å². The number of methoxy groups -OCH3 is 2. The monoisotopic (exact) mass is 211 g/mol. The number of rotatable bonds is 2. The van der Waals surface area contributed by atoms with Gasteiger partial charge in [0.1, 0.15) is 0 Å². The predicted octanol–water partition coefficient (Wildman–Crippen LogP) is -0.212. The van der Waals surface area contributed by atoms with E-state index >= 15 is 0 Å². The summed E-state index contributed by atoms with van der Waals surface area (Å²) in [6, 6.07) is 0. The second-order valence-electron chi connectivity index (χ2n) is 2.97. The van der Waals surface area contributed by atoms with Gasteiger partial charge in [0.15, 0.2) is 0 Å². The SMILES string of the molecule is COC(=O)C1=CC=C(C(=O)OC)CNC1. The Morgan fingerprint density at radius 3 is 1.80 bits per heavy atom. The highest BCUT2D eigenvalue weighted by atomic mass is 16.5. The van der Waals surface area contributed by atoms with E-state index in [1.54, 1.807) is 12.2 Å². The second-order valence-corrected chi connectivity index (χ2v) is 2.97. The van der Waals surface area contributed by atoms with E-state index in [0.29, 0.717) is 24.2 Å². The molecular formula is C10H13NO4. The number of hydrogen-bond acceptors (Lipinski definition) is 5. The van der Waals surface area contributed by atoms with Crippen LogP contribution in [0.25, 0.3) is 0 Å². The lowest BCUT2D eigenvalue weighted by Crippen LogP contribution is -2.24. The molecule has 1 heterocycles. The molecule has 0 unspecified atom stereocenters. The third-order valence-electron chi connectivity index (χ3n) is 2.01. The van der Waals surface area contributed by atoms with Gasteiger partial charge in [-0.1, -0.05) is 0 Å².